The Kier molecular flexibility index (Phi) is 5.17. The zero-order valence-corrected chi connectivity index (χ0v) is 15.2. The molecule has 0 aliphatic carbocycles. The largest absolute Gasteiger partial charge is 0.361 e. The van der Waals surface area contributed by atoms with Gasteiger partial charge >= 0.3 is 0 Å². The zero-order valence-electron chi connectivity index (χ0n) is 15.2. The summed E-state index contributed by atoms with van der Waals surface area (Å²) in [6.07, 6.45) is 3.27. The fourth-order valence-corrected chi connectivity index (χ4v) is 3.25. The SMILES string of the molecule is C=CC(=O)C(CC(=O)c1ccc(C(C)C)cc1)c1c[nH]c2ccccc12. The van der Waals surface area contributed by atoms with E-state index in [9.17, 15) is 9.59 Å². The number of carbonyl (C=O) groups excluding carboxylic acids is 2. The first kappa shape index (κ1) is 17.9. The molecular formula is C23H23NO2. The molecular weight excluding hydrogens is 322 g/mol. The minimum absolute atomic E-state index is 0.0363. The second-order valence-electron chi connectivity index (χ2n) is 6.85. The van der Waals surface area contributed by atoms with Gasteiger partial charge in [-0.1, -0.05) is 62.9 Å². The first-order valence-corrected chi connectivity index (χ1v) is 8.86. The van der Waals surface area contributed by atoms with E-state index < -0.39 is 5.92 Å². The van der Waals surface area contributed by atoms with Gasteiger partial charge in [-0.2, -0.15) is 0 Å². The summed E-state index contributed by atoms with van der Waals surface area (Å²) in [4.78, 5) is 28.5. The van der Waals surface area contributed by atoms with Gasteiger partial charge in [-0.25, -0.2) is 0 Å². The van der Waals surface area contributed by atoms with Crippen LogP contribution in [-0.2, 0) is 4.79 Å². The molecule has 0 saturated carbocycles. The molecule has 26 heavy (non-hydrogen) atoms. The highest BCUT2D eigenvalue weighted by molar-refractivity contribution is 6.05. The predicted molar refractivity (Wildman–Crippen MR) is 106 cm³/mol. The summed E-state index contributed by atoms with van der Waals surface area (Å²) in [6.45, 7) is 7.85. The Balaban J connectivity index is 1.90. The third-order valence-corrected chi connectivity index (χ3v) is 4.83. The summed E-state index contributed by atoms with van der Waals surface area (Å²) in [6, 6.07) is 15.5. The number of aromatic nitrogens is 1. The van der Waals surface area contributed by atoms with Gasteiger partial charge in [0.2, 0.25) is 0 Å². The van der Waals surface area contributed by atoms with Crippen molar-refractivity contribution >= 4 is 22.5 Å². The van der Waals surface area contributed by atoms with Gasteiger partial charge in [0.1, 0.15) is 0 Å². The highest BCUT2D eigenvalue weighted by Gasteiger charge is 2.25. The molecule has 0 aliphatic heterocycles. The summed E-state index contributed by atoms with van der Waals surface area (Å²) in [5, 5.41) is 0.968. The number of aromatic amines is 1. The van der Waals surface area contributed by atoms with Crippen LogP contribution in [0.3, 0.4) is 0 Å². The number of carbonyl (C=O) groups is 2. The number of para-hydroxylation sites is 1. The standard InChI is InChI=1S/C23H23NO2/c1-4-22(25)19(20-14-24-21-8-6-5-7-18(20)21)13-23(26)17-11-9-16(10-12-17)15(2)3/h4-12,14-15,19,24H,1,13H2,2-3H3. The minimum atomic E-state index is -0.527. The molecule has 1 aromatic heterocycles. The summed E-state index contributed by atoms with van der Waals surface area (Å²) in [5.74, 6) is -0.283. The highest BCUT2D eigenvalue weighted by Crippen LogP contribution is 2.30. The second-order valence-corrected chi connectivity index (χ2v) is 6.85. The van der Waals surface area contributed by atoms with Gasteiger partial charge in [0, 0.05) is 29.1 Å². The van der Waals surface area contributed by atoms with Crippen molar-refractivity contribution in [3.05, 3.63) is 84.1 Å². The van der Waals surface area contributed by atoms with Crippen molar-refractivity contribution in [3.8, 4) is 0 Å². The van der Waals surface area contributed by atoms with Crippen molar-refractivity contribution in [2.45, 2.75) is 32.1 Å². The zero-order chi connectivity index (χ0) is 18.7. The Morgan fingerprint density at radius 1 is 1.08 bits per heavy atom. The van der Waals surface area contributed by atoms with Gasteiger partial charge < -0.3 is 4.98 Å². The first-order valence-electron chi connectivity index (χ1n) is 8.86. The molecule has 1 unspecified atom stereocenters. The lowest BCUT2D eigenvalue weighted by molar-refractivity contribution is -0.115. The third kappa shape index (κ3) is 3.52. The predicted octanol–water partition coefficient (Wildman–Crippen LogP) is 5.40. The van der Waals surface area contributed by atoms with E-state index in [1.54, 1.807) is 0 Å². The van der Waals surface area contributed by atoms with Gasteiger partial charge in [-0.05, 0) is 29.2 Å². The first-order chi connectivity index (χ1) is 12.5. The second kappa shape index (κ2) is 7.52. The Hall–Kier alpha value is -2.94. The molecule has 0 saturated heterocycles. The number of allylic oxidation sites excluding steroid dienone is 1. The molecule has 0 bridgehead atoms. The molecule has 2 aromatic carbocycles. The molecule has 0 radical (unpaired) electrons. The topological polar surface area (TPSA) is 49.9 Å². The van der Waals surface area contributed by atoms with Crippen LogP contribution in [0.5, 0.6) is 0 Å². The minimum Gasteiger partial charge on any atom is -0.361 e. The molecule has 3 aromatic rings. The third-order valence-electron chi connectivity index (χ3n) is 4.83. The molecule has 1 N–H and O–H groups in total. The van der Waals surface area contributed by atoms with Crippen LogP contribution in [0.4, 0.5) is 0 Å². The average Bonchev–Trinajstić information content (AvgIpc) is 3.09. The summed E-state index contributed by atoms with van der Waals surface area (Å²) in [7, 11) is 0. The molecule has 1 atom stereocenters. The van der Waals surface area contributed by atoms with Crippen molar-refractivity contribution in [1.29, 1.82) is 0 Å². The number of Topliss-reactive ketones (excluding diaryl/α,β-unsaturated/α-hetero) is 1. The number of H-pyrrole nitrogens is 1. The van der Waals surface area contributed by atoms with Gasteiger partial charge in [0.15, 0.2) is 11.6 Å². The van der Waals surface area contributed by atoms with Gasteiger partial charge in [-0.15, -0.1) is 0 Å². The molecule has 0 spiro atoms. The number of nitrogens with one attached hydrogen (secondary N) is 1. The van der Waals surface area contributed by atoms with Gasteiger partial charge in [-0.3, -0.25) is 9.59 Å². The maximum atomic E-state index is 12.8. The highest BCUT2D eigenvalue weighted by atomic mass is 16.1. The normalized spacial score (nSPS) is 12.3. The fraction of sp³-hybridized carbons (Fsp3) is 0.217. The summed E-state index contributed by atoms with van der Waals surface area (Å²) < 4.78 is 0. The van der Waals surface area contributed by atoms with Crippen LogP contribution in [-0.4, -0.2) is 16.6 Å². The Labute approximate surface area is 153 Å². The number of rotatable bonds is 7. The van der Waals surface area contributed by atoms with E-state index >= 15 is 0 Å². The number of benzene rings is 2. The van der Waals surface area contributed by atoms with Crippen molar-refractivity contribution < 1.29 is 9.59 Å². The van der Waals surface area contributed by atoms with Crippen LogP contribution in [0.1, 0.15) is 53.6 Å². The van der Waals surface area contributed by atoms with Crippen LogP contribution >= 0.6 is 0 Å². The molecule has 0 fully saturated rings. The van der Waals surface area contributed by atoms with Crippen LogP contribution in [0.2, 0.25) is 0 Å². The van der Waals surface area contributed by atoms with E-state index in [2.05, 4.69) is 25.4 Å². The molecule has 3 nitrogen and oxygen atoms in total. The van der Waals surface area contributed by atoms with Crippen LogP contribution in [0.15, 0.2) is 67.4 Å². The van der Waals surface area contributed by atoms with Crippen LogP contribution in [0, 0.1) is 0 Å². The van der Waals surface area contributed by atoms with Crippen molar-refractivity contribution in [2.24, 2.45) is 0 Å². The Morgan fingerprint density at radius 3 is 2.42 bits per heavy atom. The van der Waals surface area contributed by atoms with Gasteiger partial charge in [0.05, 0.1) is 5.92 Å². The molecule has 0 amide bonds. The number of fused-ring (bicyclic) bond motifs is 1. The molecule has 1 heterocycles. The number of hydrogen-bond donors (Lipinski definition) is 1. The van der Waals surface area contributed by atoms with Crippen LogP contribution in [0.25, 0.3) is 10.9 Å². The average molecular weight is 345 g/mol. The molecule has 3 rings (SSSR count). The van der Waals surface area contributed by atoms with Crippen molar-refractivity contribution in [1.82, 2.24) is 4.98 Å². The lowest BCUT2D eigenvalue weighted by atomic mass is 9.87. The van der Waals surface area contributed by atoms with E-state index in [1.165, 1.54) is 11.6 Å². The fourth-order valence-electron chi connectivity index (χ4n) is 3.25. The van der Waals surface area contributed by atoms with E-state index in [-0.39, 0.29) is 18.0 Å². The van der Waals surface area contributed by atoms with Crippen LogP contribution < -0.4 is 0 Å². The lowest BCUT2D eigenvalue weighted by Crippen LogP contribution is -2.15. The number of hydrogen-bond acceptors (Lipinski definition) is 2. The Bertz CT molecular complexity index is 948. The Morgan fingerprint density at radius 2 is 1.77 bits per heavy atom. The quantitative estimate of drug-likeness (QED) is 0.460. The maximum absolute atomic E-state index is 12.8. The van der Waals surface area contributed by atoms with Crippen molar-refractivity contribution in [2.75, 3.05) is 0 Å². The van der Waals surface area contributed by atoms with E-state index in [4.69, 9.17) is 0 Å². The monoisotopic (exact) mass is 345 g/mol. The lowest BCUT2D eigenvalue weighted by Gasteiger charge is -2.13. The van der Waals surface area contributed by atoms with Crippen molar-refractivity contribution in [3.63, 3.8) is 0 Å². The van der Waals surface area contributed by atoms with Gasteiger partial charge in [0.25, 0.3) is 0 Å². The van der Waals surface area contributed by atoms with E-state index in [0.29, 0.717) is 11.5 Å². The molecule has 0 aliphatic rings. The molecule has 132 valence electrons. The maximum Gasteiger partial charge on any atom is 0.163 e. The number of ketones is 2. The smallest absolute Gasteiger partial charge is 0.163 e. The molecule has 3 heteroatoms. The summed E-state index contributed by atoms with van der Waals surface area (Å²) >= 11 is 0. The van der Waals surface area contributed by atoms with E-state index in [0.717, 1.165) is 16.5 Å². The summed E-state index contributed by atoms with van der Waals surface area (Å²) in [5.41, 5.74) is 3.63. The van der Waals surface area contributed by atoms with E-state index in [1.807, 2.05) is 54.7 Å².